The number of ether oxygens (including phenoxy) is 1. The van der Waals surface area contributed by atoms with Gasteiger partial charge in [0.2, 0.25) is 0 Å². The van der Waals surface area contributed by atoms with Crippen molar-refractivity contribution in [1.82, 2.24) is 0 Å². The molecule has 0 radical (unpaired) electrons. The maximum atomic E-state index is 12.3. The molecule has 1 N–H and O–H groups in total. The number of aryl methyl sites for hydroxylation is 2. The highest BCUT2D eigenvalue weighted by atomic mass is 35.5. The van der Waals surface area contributed by atoms with E-state index in [0.717, 1.165) is 11.1 Å². The van der Waals surface area contributed by atoms with E-state index in [1.807, 2.05) is 13.8 Å². The first-order valence-electron chi connectivity index (χ1n) is 7.37. The number of hydrogen-bond acceptors (Lipinski definition) is 4. The minimum absolute atomic E-state index is 0.153. The summed E-state index contributed by atoms with van der Waals surface area (Å²) >= 11 is 12.1. The number of amides is 1. The summed E-state index contributed by atoms with van der Waals surface area (Å²) in [6, 6.07) is 7.28. The zero-order valence-corrected chi connectivity index (χ0v) is 15.3. The molecular formula is C17H16Cl2N2O4. The molecule has 2 aromatic carbocycles. The molecule has 0 aliphatic rings. The maximum Gasteiger partial charge on any atom is 0.271 e. The summed E-state index contributed by atoms with van der Waals surface area (Å²) < 4.78 is 5.63. The SMILES string of the molecule is Cc1cc(O[C@@H](C)C(=O)Nc2cc([N+](=O)[O-])ccc2Cl)cc(C)c1Cl. The molecule has 0 saturated carbocycles. The van der Waals surface area contributed by atoms with Gasteiger partial charge in [-0.05, 0) is 50.1 Å². The van der Waals surface area contributed by atoms with E-state index in [0.29, 0.717) is 10.8 Å². The largest absolute Gasteiger partial charge is 0.481 e. The van der Waals surface area contributed by atoms with Crippen LogP contribution in [0.5, 0.6) is 5.75 Å². The summed E-state index contributed by atoms with van der Waals surface area (Å²) in [5, 5.41) is 14.2. The van der Waals surface area contributed by atoms with Gasteiger partial charge in [0.1, 0.15) is 5.75 Å². The van der Waals surface area contributed by atoms with E-state index >= 15 is 0 Å². The van der Waals surface area contributed by atoms with Gasteiger partial charge in [0, 0.05) is 17.2 Å². The average molecular weight is 383 g/mol. The van der Waals surface area contributed by atoms with Crippen LogP contribution in [-0.2, 0) is 4.79 Å². The first-order chi connectivity index (χ1) is 11.7. The lowest BCUT2D eigenvalue weighted by molar-refractivity contribution is -0.384. The number of halogens is 2. The fourth-order valence-corrected chi connectivity index (χ4v) is 2.46. The Morgan fingerprint density at radius 1 is 1.20 bits per heavy atom. The van der Waals surface area contributed by atoms with Gasteiger partial charge in [0.15, 0.2) is 6.10 Å². The van der Waals surface area contributed by atoms with Crippen molar-refractivity contribution in [3.05, 3.63) is 61.6 Å². The van der Waals surface area contributed by atoms with E-state index in [1.165, 1.54) is 18.2 Å². The van der Waals surface area contributed by atoms with Crippen LogP contribution in [0.4, 0.5) is 11.4 Å². The molecule has 8 heteroatoms. The Labute approximate surface area is 154 Å². The van der Waals surface area contributed by atoms with Crippen molar-refractivity contribution in [3.63, 3.8) is 0 Å². The van der Waals surface area contributed by atoms with Gasteiger partial charge in [-0.3, -0.25) is 14.9 Å². The monoisotopic (exact) mass is 382 g/mol. The van der Waals surface area contributed by atoms with Crippen molar-refractivity contribution in [3.8, 4) is 5.75 Å². The molecule has 2 rings (SSSR count). The number of rotatable bonds is 5. The number of non-ortho nitro benzene ring substituents is 1. The van der Waals surface area contributed by atoms with Gasteiger partial charge in [0.25, 0.3) is 11.6 Å². The number of carbonyl (C=O) groups excluding carboxylic acids is 1. The highest BCUT2D eigenvalue weighted by Gasteiger charge is 2.18. The highest BCUT2D eigenvalue weighted by Crippen LogP contribution is 2.28. The summed E-state index contributed by atoms with van der Waals surface area (Å²) in [6.45, 7) is 5.26. The van der Waals surface area contributed by atoms with E-state index in [9.17, 15) is 14.9 Å². The van der Waals surface area contributed by atoms with Crippen LogP contribution in [0.15, 0.2) is 30.3 Å². The zero-order valence-electron chi connectivity index (χ0n) is 13.8. The lowest BCUT2D eigenvalue weighted by Crippen LogP contribution is -2.30. The Morgan fingerprint density at radius 2 is 1.80 bits per heavy atom. The Kier molecular flexibility index (Phi) is 5.87. The molecule has 0 aliphatic heterocycles. The van der Waals surface area contributed by atoms with E-state index in [1.54, 1.807) is 19.1 Å². The number of benzene rings is 2. The average Bonchev–Trinajstić information content (AvgIpc) is 2.54. The topological polar surface area (TPSA) is 81.5 Å². The van der Waals surface area contributed by atoms with Gasteiger partial charge in [-0.15, -0.1) is 0 Å². The molecule has 0 aliphatic carbocycles. The molecule has 0 saturated heterocycles. The second-order valence-electron chi connectivity index (χ2n) is 5.54. The molecule has 6 nitrogen and oxygen atoms in total. The Bertz CT molecular complexity index is 816. The summed E-state index contributed by atoms with van der Waals surface area (Å²) in [5.74, 6) is 0.0276. The summed E-state index contributed by atoms with van der Waals surface area (Å²) in [5.41, 5.74) is 1.66. The third kappa shape index (κ3) is 4.61. The van der Waals surface area contributed by atoms with Crippen LogP contribution in [0.25, 0.3) is 0 Å². The van der Waals surface area contributed by atoms with Gasteiger partial charge in [-0.1, -0.05) is 23.2 Å². The quantitative estimate of drug-likeness (QED) is 0.587. The summed E-state index contributed by atoms with van der Waals surface area (Å²) in [7, 11) is 0. The van der Waals surface area contributed by atoms with E-state index in [4.69, 9.17) is 27.9 Å². The van der Waals surface area contributed by atoms with Crippen molar-refractivity contribution in [1.29, 1.82) is 0 Å². The predicted octanol–water partition coefficient (Wildman–Crippen LogP) is 4.92. The first kappa shape index (κ1) is 19.0. The molecule has 1 amide bonds. The molecule has 0 bridgehead atoms. The fraction of sp³-hybridized carbons (Fsp3) is 0.235. The van der Waals surface area contributed by atoms with Crippen LogP contribution in [0.2, 0.25) is 10.0 Å². The Hall–Kier alpha value is -2.31. The molecule has 0 aromatic heterocycles. The number of nitrogens with one attached hydrogen (secondary N) is 1. The number of nitro benzene ring substituents is 1. The van der Waals surface area contributed by atoms with Crippen LogP contribution in [0.1, 0.15) is 18.1 Å². The molecule has 132 valence electrons. The molecule has 25 heavy (non-hydrogen) atoms. The number of nitro groups is 1. The van der Waals surface area contributed by atoms with Crippen LogP contribution >= 0.6 is 23.2 Å². The minimum Gasteiger partial charge on any atom is -0.481 e. The fourth-order valence-electron chi connectivity index (χ4n) is 2.19. The van der Waals surface area contributed by atoms with Crippen molar-refractivity contribution >= 4 is 40.5 Å². The van der Waals surface area contributed by atoms with Gasteiger partial charge in [-0.25, -0.2) is 0 Å². The number of hydrogen-bond donors (Lipinski definition) is 1. The molecule has 0 heterocycles. The minimum atomic E-state index is -0.838. The summed E-state index contributed by atoms with van der Waals surface area (Å²) in [6.07, 6.45) is -0.838. The molecule has 2 aromatic rings. The van der Waals surface area contributed by atoms with Crippen LogP contribution in [0, 0.1) is 24.0 Å². The number of carbonyl (C=O) groups is 1. The van der Waals surface area contributed by atoms with Crippen molar-refractivity contribution in [2.45, 2.75) is 26.9 Å². The number of anilines is 1. The molecule has 1 atom stereocenters. The van der Waals surface area contributed by atoms with Crippen LogP contribution in [0.3, 0.4) is 0 Å². The molecule has 0 fully saturated rings. The highest BCUT2D eigenvalue weighted by molar-refractivity contribution is 6.33. The third-order valence-corrected chi connectivity index (χ3v) is 4.44. The zero-order chi connectivity index (χ0) is 18.7. The second-order valence-corrected chi connectivity index (χ2v) is 6.33. The standard InChI is InChI=1S/C17H16Cl2N2O4/c1-9-6-13(7-10(2)16(9)19)25-11(3)17(22)20-15-8-12(21(23)24)4-5-14(15)18/h4-8,11H,1-3H3,(H,20,22)/t11-/m0/s1. The van der Waals surface area contributed by atoms with E-state index in [-0.39, 0.29) is 16.4 Å². The van der Waals surface area contributed by atoms with Gasteiger partial charge < -0.3 is 10.1 Å². The molecule has 0 unspecified atom stereocenters. The normalized spacial score (nSPS) is 11.7. The smallest absolute Gasteiger partial charge is 0.271 e. The molecular weight excluding hydrogens is 367 g/mol. The second kappa shape index (κ2) is 7.72. The summed E-state index contributed by atoms with van der Waals surface area (Å²) in [4.78, 5) is 22.6. The van der Waals surface area contributed by atoms with Gasteiger partial charge >= 0.3 is 0 Å². The third-order valence-electron chi connectivity index (χ3n) is 3.51. The van der Waals surface area contributed by atoms with E-state index in [2.05, 4.69) is 5.32 Å². The lowest BCUT2D eigenvalue weighted by Gasteiger charge is -2.16. The first-order valence-corrected chi connectivity index (χ1v) is 8.13. The predicted molar refractivity (Wildman–Crippen MR) is 97.8 cm³/mol. The number of nitrogens with zero attached hydrogens (tertiary/aromatic N) is 1. The van der Waals surface area contributed by atoms with Crippen molar-refractivity contribution < 1.29 is 14.5 Å². The Morgan fingerprint density at radius 3 is 2.36 bits per heavy atom. The van der Waals surface area contributed by atoms with Crippen molar-refractivity contribution in [2.24, 2.45) is 0 Å². The van der Waals surface area contributed by atoms with E-state index < -0.39 is 16.9 Å². The lowest BCUT2D eigenvalue weighted by atomic mass is 10.1. The van der Waals surface area contributed by atoms with Gasteiger partial charge in [-0.2, -0.15) is 0 Å². The van der Waals surface area contributed by atoms with Crippen LogP contribution < -0.4 is 10.1 Å². The van der Waals surface area contributed by atoms with Crippen molar-refractivity contribution in [2.75, 3.05) is 5.32 Å². The molecule has 0 spiro atoms. The Balaban J connectivity index is 2.13. The van der Waals surface area contributed by atoms with Gasteiger partial charge in [0.05, 0.1) is 15.6 Å². The van der Waals surface area contributed by atoms with Crippen LogP contribution in [-0.4, -0.2) is 16.9 Å². The maximum absolute atomic E-state index is 12.3.